The molecule has 4 nitrogen and oxygen atoms in total. The van der Waals surface area contributed by atoms with Crippen LogP contribution in [-0.2, 0) is 0 Å². The van der Waals surface area contributed by atoms with Crippen molar-refractivity contribution in [1.29, 1.82) is 0 Å². The SMILES string of the molecule is Nc1nc(SCC(F)(F)F)n[nH]1. The van der Waals surface area contributed by atoms with Gasteiger partial charge in [-0.05, 0) is 0 Å². The Bertz CT molecular complexity index is 257. The Morgan fingerprint density at radius 1 is 1.50 bits per heavy atom. The van der Waals surface area contributed by atoms with E-state index in [4.69, 9.17) is 5.73 Å². The van der Waals surface area contributed by atoms with Gasteiger partial charge in [0.25, 0.3) is 0 Å². The first-order valence-electron chi connectivity index (χ1n) is 2.85. The third-order valence-electron chi connectivity index (χ3n) is 0.847. The van der Waals surface area contributed by atoms with E-state index in [2.05, 4.69) is 15.2 Å². The van der Waals surface area contributed by atoms with E-state index in [1.54, 1.807) is 0 Å². The molecule has 1 rings (SSSR count). The number of hydrogen-bond acceptors (Lipinski definition) is 4. The number of halogens is 3. The molecule has 0 fully saturated rings. The monoisotopic (exact) mass is 198 g/mol. The van der Waals surface area contributed by atoms with Gasteiger partial charge in [-0.2, -0.15) is 18.2 Å². The Labute approximate surface area is 69.7 Å². The standard InChI is InChI=1S/C4H5F3N4S/c5-4(6,7)1-12-3-9-2(8)10-11-3/h1H2,(H3,8,9,10,11). The molecule has 0 radical (unpaired) electrons. The molecule has 1 aromatic heterocycles. The number of H-pyrrole nitrogens is 1. The van der Waals surface area contributed by atoms with Gasteiger partial charge in [-0.3, -0.25) is 0 Å². The lowest BCUT2D eigenvalue weighted by Crippen LogP contribution is -2.10. The number of aromatic amines is 1. The van der Waals surface area contributed by atoms with Gasteiger partial charge in [0.2, 0.25) is 11.1 Å². The summed E-state index contributed by atoms with van der Waals surface area (Å²) in [7, 11) is 0. The van der Waals surface area contributed by atoms with E-state index in [0.717, 1.165) is 0 Å². The van der Waals surface area contributed by atoms with Crippen LogP contribution in [0.3, 0.4) is 0 Å². The number of thioether (sulfide) groups is 1. The molecule has 0 amide bonds. The maximum Gasteiger partial charge on any atom is 0.398 e. The highest BCUT2D eigenvalue weighted by Crippen LogP contribution is 2.24. The van der Waals surface area contributed by atoms with E-state index in [0.29, 0.717) is 11.8 Å². The lowest BCUT2D eigenvalue weighted by molar-refractivity contribution is -0.105. The number of nitrogens with one attached hydrogen (secondary N) is 1. The largest absolute Gasteiger partial charge is 0.398 e. The summed E-state index contributed by atoms with van der Waals surface area (Å²) >= 11 is 0.490. The third kappa shape index (κ3) is 2.99. The Morgan fingerprint density at radius 2 is 2.17 bits per heavy atom. The fraction of sp³-hybridized carbons (Fsp3) is 0.500. The van der Waals surface area contributed by atoms with E-state index in [1.165, 1.54) is 0 Å². The topological polar surface area (TPSA) is 67.6 Å². The first-order valence-corrected chi connectivity index (χ1v) is 3.83. The number of rotatable bonds is 2. The molecule has 0 bridgehead atoms. The minimum Gasteiger partial charge on any atom is -0.368 e. The molecule has 0 unspecified atom stereocenters. The van der Waals surface area contributed by atoms with Crippen LogP contribution in [0.15, 0.2) is 5.16 Å². The van der Waals surface area contributed by atoms with Crippen LogP contribution in [0.5, 0.6) is 0 Å². The van der Waals surface area contributed by atoms with Gasteiger partial charge >= 0.3 is 6.18 Å². The van der Waals surface area contributed by atoms with Crippen molar-refractivity contribution in [2.45, 2.75) is 11.3 Å². The molecular formula is C4H5F3N4S. The van der Waals surface area contributed by atoms with Gasteiger partial charge in [-0.25, -0.2) is 5.10 Å². The van der Waals surface area contributed by atoms with Crippen molar-refractivity contribution in [3.63, 3.8) is 0 Å². The van der Waals surface area contributed by atoms with Crippen LogP contribution in [0.1, 0.15) is 0 Å². The molecule has 0 aliphatic carbocycles. The van der Waals surface area contributed by atoms with Crippen LogP contribution in [0, 0.1) is 0 Å². The Hall–Kier alpha value is -0.920. The lowest BCUT2D eigenvalue weighted by atomic mass is 10.8. The van der Waals surface area contributed by atoms with Crippen molar-refractivity contribution in [1.82, 2.24) is 15.2 Å². The minimum absolute atomic E-state index is 0.00447. The van der Waals surface area contributed by atoms with Gasteiger partial charge in [0, 0.05) is 0 Å². The maximum absolute atomic E-state index is 11.6. The summed E-state index contributed by atoms with van der Waals surface area (Å²) in [6.45, 7) is 0. The predicted molar refractivity (Wildman–Crippen MR) is 37.6 cm³/mol. The highest BCUT2D eigenvalue weighted by Gasteiger charge is 2.28. The van der Waals surface area contributed by atoms with Gasteiger partial charge in [0.15, 0.2) is 0 Å². The minimum atomic E-state index is -4.21. The number of alkyl halides is 3. The lowest BCUT2D eigenvalue weighted by Gasteiger charge is -2.01. The summed E-state index contributed by atoms with van der Waals surface area (Å²) in [5.74, 6) is -0.996. The molecule has 12 heavy (non-hydrogen) atoms. The van der Waals surface area contributed by atoms with E-state index >= 15 is 0 Å². The number of nitrogens with two attached hydrogens (primary N) is 1. The highest BCUT2D eigenvalue weighted by atomic mass is 32.2. The first-order chi connectivity index (χ1) is 5.47. The average molecular weight is 198 g/mol. The van der Waals surface area contributed by atoms with Crippen molar-refractivity contribution in [2.24, 2.45) is 0 Å². The Kier molecular flexibility index (Phi) is 2.46. The van der Waals surface area contributed by atoms with E-state index in [-0.39, 0.29) is 11.1 Å². The van der Waals surface area contributed by atoms with Gasteiger partial charge in [-0.15, -0.1) is 5.10 Å². The summed E-state index contributed by atoms with van der Waals surface area (Å²) in [4.78, 5) is 3.49. The van der Waals surface area contributed by atoms with Crippen molar-refractivity contribution in [3.05, 3.63) is 0 Å². The second kappa shape index (κ2) is 3.21. The fourth-order valence-electron chi connectivity index (χ4n) is 0.469. The second-order valence-corrected chi connectivity index (χ2v) is 2.85. The predicted octanol–water partition coefficient (Wildman–Crippen LogP) is 1.04. The number of aromatic nitrogens is 3. The van der Waals surface area contributed by atoms with Crippen molar-refractivity contribution >= 4 is 17.7 Å². The smallest absolute Gasteiger partial charge is 0.368 e. The van der Waals surface area contributed by atoms with Gasteiger partial charge in [0.1, 0.15) is 0 Å². The van der Waals surface area contributed by atoms with Crippen LogP contribution in [0.4, 0.5) is 19.1 Å². The molecule has 0 saturated carbocycles. The molecule has 68 valence electrons. The summed E-state index contributed by atoms with van der Waals surface area (Å²) < 4.78 is 34.9. The molecule has 8 heteroatoms. The zero-order valence-corrected chi connectivity index (χ0v) is 6.54. The molecule has 1 heterocycles. The molecular weight excluding hydrogens is 193 g/mol. The summed E-state index contributed by atoms with van der Waals surface area (Å²) in [5.41, 5.74) is 5.09. The molecule has 0 aliphatic heterocycles. The Balaban J connectivity index is 2.44. The summed E-state index contributed by atoms with van der Waals surface area (Å²) in [6.07, 6.45) is -4.21. The number of anilines is 1. The van der Waals surface area contributed by atoms with Crippen molar-refractivity contribution < 1.29 is 13.2 Å². The quantitative estimate of drug-likeness (QED) is 0.697. The van der Waals surface area contributed by atoms with Gasteiger partial charge in [-0.1, -0.05) is 11.8 Å². The molecule has 0 spiro atoms. The van der Waals surface area contributed by atoms with E-state index in [9.17, 15) is 13.2 Å². The van der Waals surface area contributed by atoms with Crippen LogP contribution < -0.4 is 5.73 Å². The number of nitrogen functional groups attached to an aromatic ring is 1. The molecule has 3 N–H and O–H groups in total. The van der Waals surface area contributed by atoms with E-state index in [1.807, 2.05) is 0 Å². The number of hydrogen-bond donors (Lipinski definition) is 2. The van der Waals surface area contributed by atoms with Crippen LogP contribution >= 0.6 is 11.8 Å². The molecule has 0 aromatic carbocycles. The Morgan fingerprint density at radius 3 is 2.58 bits per heavy atom. The van der Waals surface area contributed by atoms with Crippen molar-refractivity contribution in [2.75, 3.05) is 11.5 Å². The van der Waals surface area contributed by atoms with Gasteiger partial charge < -0.3 is 5.73 Å². The zero-order valence-electron chi connectivity index (χ0n) is 5.72. The summed E-state index contributed by atoms with van der Waals surface area (Å²) in [5, 5.41) is 5.66. The highest BCUT2D eigenvalue weighted by molar-refractivity contribution is 7.99. The fourth-order valence-corrected chi connectivity index (χ4v) is 1.03. The molecule has 0 atom stereocenters. The molecule has 1 aromatic rings. The van der Waals surface area contributed by atoms with Crippen LogP contribution in [0.25, 0.3) is 0 Å². The first kappa shape index (κ1) is 9.17. The van der Waals surface area contributed by atoms with Gasteiger partial charge in [0.05, 0.1) is 5.75 Å². The van der Waals surface area contributed by atoms with Crippen LogP contribution in [-0.4, -0.2) is 27.1 Å². The maximum atomic E-state index is 11.6. The molecule has 0 saturated heterocycles. The summed E-state index contributed by atoms with van der Waals surface area (Å²) in [6, 6.07) is 0. The zero-order chi connectivity index (χ0) is 9.19. The molecule has 0 aliphatic rings. The average Bonchev–Trinajstić information content (AvgIpc) is 2.30. The normalized spacial score (nSPS) is 11.9. The number of nitrogens with zero attached hydrogens (tertiary/aromatic N) is 2. The van der Waals surface area contributed by atoms with Crippen LogP contribution in [0.2, 0.25) is 0 Å². The second-order valence-electron chi connectivity index (χ2n) is 1.91. The third-order valence-corrected chi connectivity index (χ3v) is 1.76. The van der Waals surface area contributed by atoms with E-state index < -0.39 is 11.9 Å². The van der Waals surface area contributed by atoms with Crippen molar-refractivity contribution in [3.8, 4) is 0 Å².